The number of benzene rings is 2. The summed E-state index contributed by atoms with van der Waals surface area (Å²) in [6, 6.07) is 12.8. The molecule has 2 aromatic rings. The van der Waals surface area contributed by atoms with Crippen LogP contribution in [0.5, 0.6) is 0 Å². The fourth-order valence-corrected chi connectivity index (χ4v) is 1.95. The van der Waals surface area contributed by atoms with Gasteiger partial charge in [-0.25, -0.2) is 0 Å². The van der Waals surface area contributed by atoms with Gasteiger partial charge in [0.15, 0.2) is 0 Å². The lowest BCUT2D eigenvalue weighted by Crippen LogP contribution is -2.08. The first kappa shape index (κ1) is 14.6. The average molecular weight is 306 g/mol. The maximum Gasteiger partial charge on any atom is 0.248 e. The zero-order valence-corrected chi connectivity index (χ0v) is 12.4. The molecule has 0 aliphatic carbocycles. The van der Waals surface area contributed by atoms with E-state index in [2.05, 4.69) is 5.32 Å². The molecule has 1 N–H and O–H groups in total. The molecule has 1 amide bonds. The number of hydrogen-bond donors (Lipinski definition) is 1. The molecule has 0 unspecified atom stereocenters. The predicted molar refractivity (Wildman–Crippen MR) is 85.3 cm³/mol. The van der Waals surface area contributed by atoms with Crippen LogP contribution in [0, 0.1) is 6.92 Å². The van der Waals surface area contributed by atoms with Crippen LogP contribution in [0.25, 0.3) is 6.08 Å². The Balaban J connectivity index is 2.05. The predicted octanol–water partition coefficient (Wildman–Crippen LogP) is 4.95. The first-order valence-corrected chi connectivity index (χ1v) is 6.81. The Bertz CT molecular complexity index is 648. The molecule has 0 aliphatic rings. The molecule has 0 saturated carbocycles. The SMILES string of the molecule is Cc1ccc(C=CC(=O)Nc2cc(Cl)ccc2Cl)cc1. The largest absolute Gasteiger partial charge is 0.321 e. The lowest BCUT2D eigenvalue weighted by molar-refractivity contribution is -0.111. The van der Waals surface area contributed by atoms with Crippen molar-refractivity contribution in [1.29, 1.82) is 0 Å². The second-order valence-corrected chi connectivity index (χ2v) is 5.20. The first-order valence-electron chi connectivity index (χ1n) is 6.05. The van der Waals surface area contributed by atoms with E-state index in [0.29, 0.717) is 15.7 Å². The van der Waals surface area contributed by atoms with E-state index in [1.807, 2.05) is 31.2 Å². The summed E-state index contributed by atoms with van der Waals surface area (Å²) >= 11 is 11.8. The van der Waals surface area contributed by atoms with Crippen molar-refractivity contribution >= 4 is 40.9 Å². The Hall–Kier alpha value is -1.77. The van der Waals surface area contributed by atoms with E-state index >= 15 is 0 Å². The number of hydrogen-bond acceptors (Lipinski definition) is 1. The average Bonchev–Trinajstić information content (AvgIpc) is 2.42. The highest BCUT2D eigenvalue weighted by atomic mass is 35.5. The van der Waals surface area contributed by atoms with Crippen molar-refractivity contribution in [3.8, 4) is 0 Å². The van der Waals surface area contributed by atoms with Crippen molar-refractivity contribution in [2.75, 3.05) is 5.32 Å². The van der Waals surface area contributed by atoms with Gasteiger partial charge in [0.2, 0.25) is 5.91 Å². The molecular weight excluding hydrogens is 293 g/mol. The van der Waals surface area contributed by atoms with Gasteiger partial charge in [-0.3, -0.25) is 4.79 Å². The van der Waals surface area contributed by atoms with Gasteiger partial charge >= 0.3 is 0 Å². The number of carbonyl (C=O) groups is 1. The van der Waals surface area contributed by atoms with Crippen molar-refractivity contribution in [3.63, 3.8) is 0 Å². The van der Waals surface area contributed by atoms with Crippen molar-refractivity contribution < 1.29 is 4.79 Å². The number of amides is 1. The standard InChI is InChI=1S/C16H13Cl2NO/c1-11-2-4-12(5-3-11)6-9-16(20)19-15-10-13(17)7-8-14(15)18/h2-10H,1H3,(H,19,20). The van der Waals surface area contributed by atoms with E-state index < -0.39 is 0 Å². The topological polar surface area (TPSA) is 29.1 Å². The van der Waals surface area contributed by atoms with Gasteiger partial charge in [0, 0.05) is 11.1 Å². The molecule has 0 atom stereocenters. The lowest BCUT2D eigenvalue weighted by Gasteiger charge is -2.05. The monoisotopic (exact) mass is 305 g/mol. The molecule has 2 nitrogen and oxygen atoms in total. The van der Waals surface area contributed by atoms with Crippen molar-refractivity contribution in [1.82, 2.24) is 0 Å². The molecule has 102 valence electrons. The summed E-state index contributed by atoms with van der Waals surface area (Å²) in [5, 5.41) is 3.66. The normalized spacial score (nSPS) is 10.8. The van der Waals surface area contributed by atoms with Crippen LogP contribution >= 0.6 is 23.2 Å². The number of carbonyl (C=O) groups excluding carboxylic acids is 1. The fraction of sp³-hybridized carbons (Fsp3) is 0.0625. The van der Waals surface area contributed by atoms with Gasteiger partial charge in [0.1, 0.15) is 0 Å². The first-order chi connectivity index (χ1) is 9.54. The zero-order valence-electron chi connectivity index (χ0n) is 10.9. The number of halogens is 2. The second-order valence-electron chi connectivity index (χ2n) is 4.36. The molecule has 4 heteroatoms. The highest BCUT2D eigenvalue weighted by Gasteiger charge is 2.03. The Morgan fingerprint density at radius 3 is 2.50 bits per heavy atom. The number of rotatable bonds is 3. The van der Waals surface area contributed by atoms with Gasteiger partial charge in [0.05, 0.1) is 10.7 Å². The molecule has 2 aromatic carbocycles. The van der Waals surface area contributed by atoms with Gasteiger partial charge in [-0.05, 0) is 36.8 Å². The minimum atomic E-state index is -0.255. The minimum Gasteiger partial charge on any atom is -0.321 e. The van der Waals surface area contributed by atoms with E-state index in [1.165, 1.54) is 11.6 Å². The Labute approximate surface area is 128 Å². The molecule has 0 heterocycles. The second kappa shape index (κ2) is 6.60. The molecule has 0 bridgehead atoms. The molecule has 0 saturated heterocycles. The molecule has 0 radical (unpaired) electrons. The number of nitrogens with one attached hydrogen (secondary N) is 1. The third-order valence-corrected chi connectivity index (χ3v) is 3.26. The number of anilines is 1. The molecule has 0 spiro atoms. The molecule has 20 heavy (non-hydrogen) atoms. The summed E-state index contributed by atoms with van der Waals surface area (Å²) in [6.45, 7) is 2.02. The van der Waals surface area contributed by atoms with Crippen LogP contribution in [-0.4, -0.2) is 5.91 Å². The van der Waals surface area contributed by atoms with Gasteiger partial charge in [0.25, 0.3) is 0 Å². The molecule has 0 fully saturated rings. The lowest BCUT2D eigenvalue weighted by atomic mass is 10.1. The minimum absolute atomic E-state index is 0.255. The smallest absolute Gasteiger partial charge is 0.248 e. The van der Waals surface area contributed by atoms with E-state index in [4.69, 9.17) is 23.2 Å². The molecule has 2 rings (SSSR count). The third kappa shape index (κ3) is 4.12. The van der Waals surface area contributed by atoms with E-state index in [9.17, 15) is 4.79 Å². The number of aryl methyl sites for hydroxylation is 1. The van der Waals surface area contributed by atoms with Crippen LogP contribution in [0.3, 0.4) is 0 Å². The van der Waals surface area contributed by atoms with E-state index in [-0.39, 0.29) is 5.91 Å². The summed E-state index contributed by atoms with van der Waals surface area (Å²) in [7, 11) is 0. The maximum absolute atomic E-state index is 11.8. The maximum atomic E-state index is 11.8. The Morgan fingerprint density at radius 2 is 1.80 bits per heavy atom. The van der Waals surface area contributed by atoms with Crippen molar-refractivity contribution in [2.24, 2.45) is 0 Å². The highest BCUT2D eigenvalue weighted by Crippen LogP contribution is 2.25. The summed E-state index contributed by atoms with van der Waals surface area (Å²) < 4.78 is 0. The van der Waals surface area contributed by atoms with Gasteiger partial charge in [-0.1, -0.05) is 53.0 Å². The Kier molecular flexibility index (Phi) is 4.83. The van der Waals surface area contributed by atoms with Crippen LogP contribution < -0.4 is 5.32 Å². The van der Waals surface area contributed by atoms with E-state index in [1.54, 1.807) is 24.3 Å². The van der Waals surface area contributed by atoms with Gasteiger partial charge < -0.3 is 5.32 Å². The Morgan fingerprint density at radius 1 is 1.10 bits per heavy atom. The van der Waals surface area contributed by atoms with Crippen LogP contribution in [0.4, 0.5) is 5.69 Å². The fourth-order valence-electron chi connectivity index (χ4n) is 1.62. The molecular formula is C16H13Cl2NO. The molecule has 0 aliphatic heterocycles. The van der Waals surface area contributed by atoms with Crippen molar-refractivity contribution in [3.05, 3.63) is 69.7 Å². The van der Waals surface area contributed by atoms with Crippen LogP contribution in [0.1, 0.15) is 11.1 Å². The molecule has 0 aromatic heterocycles. The summed E-state index contributed by atoms with van der Waals surface area (Å²) in [6.07, 6.45) is 3.20. The third-order valence-electron chi connectivity index (χ3n) is 2.69. The van der Waals surface area contributed by atoms with E-state index in [0.717, 1.165) is 5.56 Å². The highest BCUT2D eigenvalue weighted by molar-refractivity contribution is 6.35. The van der Waals surface area contributed by atoms with Crippen LogP contribution in [-0.2, 0) is 4.79 Å². The zero-order chi connectivity index (χ0) is 14.5. The van der Waals surface area contributed by atoms with Crippen molar-refractivity contribution in [2.45, 2.75) is 6.92 Å². The summed E-state index contributed by atoms with van der Waals surface area (Å²) in [5.74, 6) is -0.255. The summed E-state index contributed by atoms with van der Waals surface area (Å²) in [5.41, 5.74) is 2.64. The summed E-state index contributed by atoms with van der Waals surface area (Å²) in [4.78, 5) is 11.8. The van der Waals surface area contributed by atoms with Crippen LogP contribution in [0.2, 0.25) is 10.0 Å². The van der Waals surface area contributed by atoms with Gasteiger partial charge in [-0.2, -0.15) is 0 Å². The van der Waals surface area contributed by atoms with Crippen LogP contribution in [0.15, 0.2) is 48.5 Å². The quantitative estimate of drug-likeness (QED) is 0.798. The van der Waals surface area contributed by atoms with Gasteiger partial charge in [-0.15, -0.1) is 0 Å².